The molecule has 0 aromatic heterocycles. The van der Waals surface area contributed by atoms with E-state index in [0.29, 0.717) is 44.5 Å². The first-order valence-corrected chi connectivity index (χ1v) is 10.9. The number of ketones is 1. The third kappa shape index (κ3) is 14.2. The Morgan fingerprint density at radius 1 is 0.815 bits per heavy atom. The Labute approximate surface area is 168 Å². The molecule has 0 aromatic carbocycles. The van der Waals surface area contributed by atoms with Crippen molar-refractivity contribution < 1.29 is 19.0 Å². The summed E-state index contributed by atoms with van der Waals surface area (Å²) >= 11 is 0. The summed E-state index contributed by atoms with van der Waals surface area (Å²) in [5, 5.41) is 0. The third-order valence-corrected chi connectivity index (χ3v) is 4.70. The van der Waals surface area contributed by atoms with E-state index >= 15 is 0 Å². The molecule has 4 heteroatoms. The van der Waals surface area contributed by atoms with Gasteiger partial charge >= 0.3 is 0 Å². The van der Waals surface area contributed by atoms with Gasteiger partial charge < -0.3 is 14.2 Å². The average molecular weight is 387 g/mol. The molecule has 0 bridgehead atoms. The minimum absolute atomic E-state index is 0.0490. The van der Waals surface area contributed by atoms with E-state index < -0.39 is 0 Å². The highest BCUT2D eigenvalue weighted by Gasteiger charge is 2.34. The standard InChI is InChI=1S/C23H46O4/c1-18(2)11-9-12-23(17-27-21(7)8,15-22(24)19(3)4)16-25-13-10-14-26-20(5)6/h18-21H,9-17H2,1-8H3. The molecular formula is C23H46O4. The first-order valence-electron chi connectivity index (χ1n) is 10.9. The van der Waals surface area contributed by atoms with E-state index in [1.165, 1.54) is 6.42 Å². The van der Waals surface area contributed by atoms with Gasteiger partial charge in [0.2, 0.25) is 0 Å². The fraction of sp³-hybridized carbons (Fsp3) is 0.957. The van der Waals surface area contributed by atoms with Crippen LogP contribution in [0, 0.1) is 17.3 Å². The number of hydrogen-bond donors (Lipinski definition) is 0. The summed E-state index contributed by atoms with van der Waals surface area (Å²) in [6.45, 7) is 19.2. The zero-order chi connectivity index (χ0) is 20.9. The predicted octanol–water partition coefficient (Wildman–Crippen LogP) is 5.67. The average Bonchev–Trinajstić information content (AvgIpc) is 2.55. The zero-order valence-electron chi connectivity index (χ0n) is 19.3. The van der Waals surface area contributed by atoms with Crippen molar-refractivity contribution in [2.75, 3.05) is 26.4 Å². The molecule has 0 aliphatic carbocycles. The Morgan fingerprint density at radius 2 is 1.44 bits per heavy atom. The van der Waals surface area contributed by atoms with E-state index in [1.54, 1.807) is 0 Å². The molecular weight excluding hydrogens is 340 g/mol. The smallest absolute Gasteiger partial charge is 0.136 e. The molecule has 0 heterocycles. The molecule has 4 nitrogen and oxygen atoms in total. The van der Waals surface area contributed by atoms with Crippen molar-refractivity contribution in [2.24, 2.45) is 17.3 Å². The molecule has 0 N–H and O–H groups in total. The second-order valence-corrected chi connectivity index (χ2v) is 9.27. The Balaban J connectivity index is 4.91. The summed E-state index contributed by atoms with van der Waals surface area (Å²) in [5.41, 5.74) is -0.223. The van der Waals surface area contributed by atoms with E-state index in [9.17, 15) is 4.79 Å². The van der Waals surface area contributed by atoms with Crippen LogP contribution in [0.4, 0.5) is 0 Å². The molecule has 0 saturated heterocycles. The molecule has 0 spiro atoms. The van der Waals surface area contributed by atoms with Gasteiger partial charge in [-0.3, -0.25) is 4.79 Å². The summed E-state index contributed by atoms with van der Waals surface area (Å²) in [4.78, 5) is 12.6. The van der Waals surface area contributed by atoms with Crippen LogP contribution in [0.3, 0.4) is 0 Å². The van der Waals surface area contributed by atoms with Crippen LogP contribution in [0.1, 0.15) is 87.5 Å². The van der Waals surface area contributed by atoms with Crippen LogP contribution in [0.15, 0.2) is 0 Å². The largest absolute Gasteiger partial charge is 0.381 e. The molecule has 0 aliphatic rings. The van der Waals surface area contributed by atoms with Gasteiger partial charge in [-0.25, -0.2) is 0 Å². The molecule has 1 atom stereocenters. The molecule has 0 saturated carbocycles. The monoisotopic (exact) mass is 386 g/mol. The fourth-order valence-corrected chi connectivity index (χ4v) is 2.95. The van der Waals surface area contributed by atoms with Gasteiger partial charge in [0.25, 0.3) is 0 Å². The van der Waals surface area contributed by atoms with Gasteiger partial charge in [0.15, 0.2) is 0 Å². The summed E-state index contributed by atoms with van der Waals surface area (Å²) in [6.07, 6.45) is 5.07. The Hall–Kier alpha value is -0.450. The third-order valence-electron chi connectivity index (χ3n) is 4.70. The van der Waals surface area contributed by atoms with Crippen LogP contribution in [0.25, 0.3) is 0 Å². The summed E-state index contributed by atoms with van der Waals surface area (Å²) in [7, 11) is 0. The van der Waals surface area contributed by atoms with Crippen LogP contribution in [-0.4, -0.2) is 44.4 Å². The highest BCUT2D eigenvalue weighted by atomic mass is 16.5. The molecule has 0 fully saturated rings. The van der Waals surface area contributed by atoms with Gasteiger partial charge in [0, 0.05) is 31.0 Å². The predicted molar refractivity (Wildman–Crippen MR) is 113 cm³/mol. The topological polar surface area (TPSA) is 44.8 Å². The van der Waals surface area contributed by atoms with Crippen molar-refractivity contribution in [1.29, 1.82) is 0 Å². The SMILES string of the molecule is CC(C)CCCC(COCCCOC(C)C)(COC(C)C)CC(=O)C(C)C. The minimum Gasteiger partial charge on any atom is -0.381 e. The highest BCUT2D eigenvalue weighted by molar-refractivity contribution is 5.81. The summed E-state index contributed by atoms with van der Waals surface area (Å²) < 4.78 is 17.6. The molecule has 0 amide bonds. The van der Waals surface area contributed by atoms with Crippen LogP contribution < -0.4 is 0 Å². The van der Waals surface area contributed by atoms with Crippen LogP contribution in [-0.2, 0) is 19.0 Å². The van der Waals surface area contributed by atoms with Crippen molar-refractivity contribution in [3.05, 3.63) is 0 Å². The fourth-order valence-electron chi connectivity index (χ4n) is 2.95. The van der Waals surface area contributed by atoms with E-state index in [2.05, 4.69) is 13.8 Å². The number of Topliss-reactive ketones (excluding diaryl/α,β-unsaturated/α-hetero) is 1. The van der Waals surface area contributed by atoms with Gasteiger partial charge in [0.1, 0.15) is 5.78 Å². The number of carbonyl (C=O) groups is 1. The number of ether oxygens (including phenoxy) is 3. The summed E-state index contributed by atoms with van der Waals surface area (Å²) in [5.74, 6) is 1.02. The van der Waals surface area contributed by atoms with Gasteiger partial charge in [0.05, 0.1) is 25.4 Å². The molecule has 0 radical (unpaired) electrons. The Bertz CT molecular complexity index is 377. The first-order chi connectivity index (χ1) is 12.6. The van der Waals surface area contributed by atoms with Gasteiger partial charge in [-0.2, -0.15) is 0 Å². The van der Waals surface area contributed by atoms with Crippen LogP contribution in [0.2, 0.25) is 0 Å². The van der Waals surface area contributed by atoms with Crippen molar-refractivity contribution in [3.8, 4) is 0 Å². The first kappa shape index (κ1) is 26.6. The summed E-state index contributed by atoms with van der Waals surface area (Å²) in [6, 6.07) is 0. The van der Waals surface area contributed by atoms with Crippen molar-refractivity contribution in [2.45, 2.75) is 99.7 Å². The lowest BCUT2D eigenvalue weighted by atomic mass is 9.77. The molecule has 162 valence electrons. The van der Waals surface area contributed by atoms with Gasteiger partial charge in [-0.1, -0.05) is 40.5 Å². The molecule has 27 heavy (non-hydrogen) atoms. The number of carbonyl (C=O) groups excluding carboxylic acids is 1. The van der Waals surface area contributed by atoms with E-state index in [0.717, 1.165) is 19.3 Å². The van der Waals surface area contributed by atoms with Crippen LogP contribution in [0.5, 0.6) is 0 Å². The van der Waals surface area contributed by atoms with Crippen molar-refractivity contribution in [3.63, 3.8) is 0 Å². The normalized spacial score (nSPS) is 14.5. The van der Waals surface area contributed by atoms with Crippen molar-refractivity contribution >= 4 is 5.78 Å². The zero-order valence-corrected chi connectivity index (χ0v) is 19.3. The Kier molecular flexibility index (Phi) is 14.3. The van der Waals surface area contributed by atoms with Gasteiger partial charge in [-0.15, -0.1) is 0 Å². The lowest BCUT2D eigenvalue weighted by Crippen LogP contribution is -2.37. The van der Waals surface area contributed by atoms with E-state index in [1.807, 2.05) is 41.5 Å². The maximum atomic E-state index is 12.6. The molecule has 0 aromatic rings. The van der Waals surface area contributed by atoms with E-state index in [4.69, 9.17) is 14.2 Å². The Morgan fingerprint density at radius 3 is 1.96 bits per heavy atom. The quantitative estimate of drug-likeness (QED) is 0.302. The van der Waals surface area contributed by atoms with Gasteiger partial charge in [-0.05, 0) is 46.5 Å². The second kappa shape index (κ2) is 14.5. The number of hydrogen-bond acceptors (Lipinski definition) is 4. The highest BCUT2D eigenvalue weighted by Crippen LogP contribution is 2.33. The lowest BCUT2D eigenvalue weighted by molar-refractivity contribution is -0.129. The van der Waals surface area contributed by atoms with Crippen LogP contribution >= 0.6 is 0 Å². The van der Waals surface area contributed by atoms with E-state index in [-0.39, 0.29) is 23.5 Å². The molecule has 1 unspecified atom stereocenters. The molecule has 0 rings (SSSR count). The lowest BCUT2D eigenvalue weighted by Gasteiger charge is -2.34. The molecule has 0 aliphatic heterocycles. The number of rotatable bonds is 17. The second-order valence-electron chi connectivity index (χ2n) is 9.27. The maximum Gasteiger partial charge on any atom is 0.136 e. The maximum absolute atomic E-state index is 12.6. The van der Waals surface area contributed by atoms with Crippen molar-refractivity contribution in [1.82, 2.24) is 0 Å². The minimum atomic E-state index is -0.223.